The Kier molecular flexibility index (Phi) is 12.2. The highest BCUT2D eigenvalue weighted by Crippen LogP contribution is 2.20. The van der Waals surface area contributed by atoms with Gasteiger partial charge < -0.3 is 15.8 Å². The summed E-state index contributed by atoms with van der Waals surface area (Å²) in [5, 5.41) is 10.9. The number of anilines is 2. The first-order chi connectivity index (χ1) is 15.3. The molecule has 1 amide bonds. The minimum absolute atomic E-state index is 0.102. The van der Waals surface area contributed by atoms with Gasteiger partial charge >= 0.3 is 0 Å². The maximum absolute atomic E-state index is 12.3. The summed E-state index contributed by atoms with van der Waals surface area (Å²) >= 11 is 3.27. The van der Waals surface area contributed by atoms with Crippen molar-refractivity contribution in [2.24, 2.45) is 7.05 Å². The molecule has 3 aromatic heterocycles. The van der Waals surface area contributed by atoms with Gasteiger partial charge in [0, 0.05) is 13.2 Å². The third-order valence-electron chi connectivity index (χ3n) is 4.18. The number of nitrogens with zero attached hydrogens (tertiary/aromatic N) is 5. The van der Waals surface area contributed by atoms with E-state index >= 15 is 0 Å². The second-order valence-electron chi connectivity index (χ2n) is 7.16. The van der Waals surface area contributed by atoms with E-state index in [1.807, 2.05) is 13.8 Å². The maximum atomic E-state index is 12.3. The van der Waals surface area contributed by atoms with Gasteiger partial charge in [-0.1, -0.05) is 52.4 Å². The van der Waals surface area contributed by atoms with Crippen LogP contribution in [0.15, 0.2) is 29.1 Å². The minimum atomic E-state index is -0.309. The smallest absolute Gasteiger partial charge is 0.274 e. The summed E-state index contributed by atoms with van der Waals surface area (Å²) in [4.78, 5) is 25.6. The number of fused-ring (bicyclic) bond motifs is 1. The number of carbonyl (C=O) groups is 2. The number of hydrogen-bond acceptors (Lipinski definition) is 6. The molecule has 0 radical (unpaired) electrons. The number of carbonyl (C=O) groups excluding carboxylic acids is 2. The summed E-state index contributed by atoms with van der Waals surface area (Å²) in [5.74, 6) is -0.0397. The average Bonchev–Trinajstić information content (AvgIpc) is 3.32. The van der Waals surface area contributed by atoms with Gasteiger partial charge in [0.2, 0.25) is 5.95 Å². The molecule has 9 nitrogen and oxygen atoms in total. The van der Waals surface area contributed by atoms with Crippen LogP contribution in [0.25, 0.3) is 5.52 Å². The molecular formula is C22H34BrN7O2. The van der Waals surface area contributed by atoms with Crippen LogP contribution in [-0.4, -0.2) is 36.1 Å². The van der Waals surface area contributed by atoms with Crippen molar-refractivity contribution in [3.05, 3.63) is 34.8 Å². The molecule has 10 heteroatoms. The molecule has 0 spiro atoms. The highest BCUT2D eigenvalue weighted by atomic mass is 79.9. The van der Waals surface area contributed by atoms with E-state index in [-0.39, 0.29) is 17.6 Å². The van der Waals surface area contributed by atoms with Crippen molar-refractivity contribution in [1.29, 1.82) is 0 Å². The summed E-state index contributed by atoms with van der Waals surface area (Å²) in [6.45, 7) is 7.06. The molecule has 0 unspecified atom stereocenters. The first-order valence-corrected chi connectivity index (χ1v) is 11.6. The molecule has 1 aliphatic rings. The van der Waals surface area contributed by atoms with Crippen molar-refractivity contribution in [1.82, 2.24) is 24.4 Å². The van der Waals surface area contributed by atoms with Crippen LogP contribution in [0, 0.1) is 0 Å². The zero-order valence-corrected chi connectivity index (χ0v) is 21.1. The third kappa shape index (κ3) is 9.17. The Labute approximate surface area is 197 Å². The van der Waals surface area contributed by atoms with E-state index in [2.05, 4.69) is 36.4 Å². The summed E-state index contributed by atoms with van der Waals surface area (Å²) < 4.78 is 3.60. The fraction of sp³-hybridized carbons (Fsp3) is 0.500. The predicted octanol–water partition coefficient (Wildman–Crippen LogP) is 5.02. The Bertz CT molecular complexity index is 978. The highest BCUT2D eigenvalue weighted by Gasteiger charge is 2.15. The van der Waals surface area contributed by atoms with Crippen LogP contribution in [0.1, 0.15) is 76.7 Å². The number of aromatic nitrogens is 5. The molecular weight excluding hydrogens is 474 g/mol. The van der Waals surface area contributed by atoms with Gasteiger partial charge in [0.05, 0.1) is 17.4 Å². The van der Waals surface area contributed by atoms with Crippen LogP contribution in [0.5, 0.6) is 0 Å². The molecule has 0 bridgehead atoms. The van der Waals surface area contributed by atoms with Crippen molar-refractivity contribution in [3.63, 3.8) is 0 Å². The molecule has 3 heterocycles. The quantitative estimate of drug-likeness (QED) is 0.502. The monoisotopic (exact) mass is 507 g/mol. The number of aryl methyl sites for hydroxylation is 1. The summed E-state index contributed by atoms with van der Waals surface area (Å²) in [6, 6.07) is 3.40. The Morgan fingerprint density at radius 1 is 1.03 bits per heavy atom. The molecule has 4 rings (SSSR count). The number of ketones is 1. The number of nitrogens with two attached hydrogens (primary N) is 1. The van der Waals surface area contributed by atoms with E-state index < -0.39 is 0 Å². The first kappa shape index (κ1) is 27.3. The number of rotatable bonds is 2. The first-order valence-electron chi connectivity index (χ1n) is 10.9. The van der Waals surface area contributed by atoms with Gasteiger partial charge in [-0.25, -0.2) is 9.50 Å². The predicted molar refractivity (Wildman–Crippen MR) is 132 cm³/mol. The molecule has 0 atom stereocenters. The lowest BCUT2D eigenvalue weighted by Gasteiger charge is -2.05. The number of Topliss-reactive ketones (excluding diaryl/α,β-unsaturated/α-hetero) is 1. The van der Waals surface area contributed by atoms with Crippen molar-refractivity contribution in [3.8, 4) is 0 Å². The Morgan fingerprint density at radius 2 is 1.56 bits per heavy atom. The summed E-state index contributed by atoms with van der Waals surface area (Å²) in [6.07, 6.45) is 12.3. The van der Waals surface area contributed by atoms with Crippen LogP contribution < -0.4 is 11.1 Å². The van der Waals surface area contributed by atoms with Crippen LogP contribution >= 0.6 is 15.9 Å². The van der Waals surface area contributed by atoms with Crippen molar-refractivity contribution < 1.29 is 9.59 Å². The van der Waals surface area contributed by atoms with Gasteiger partial charge in [0.15, 0.2) is 4.60 Å². The van der Waals surface area contributed by atoms with Gasteiger partial charge in [-0.2, -0.15) is 5.10 Å². The van der Waals surface area contributed by atoms with Gasteiger partial charge in [-0.3, -0.25) is 9.48 Å². The fourth-order valence-electron chi connectivity index (χ4n) is 2.88. The van der Waals surface area contributed by atoms with Gasteiger partial charge in [-0.05, 0) is 41.9 Å². The molecule has 3 N–H and O–H groups in total. The Balaban J connectivity index is 0.000000353. The zero-order valence-electron chi connectivity index (χ0n) is 19.6. The van der Waals surface area contributed by atoms with E-state index in [0.29, 0.717) is 21.5 Å². The van der Waals surface area contributed by atoms with Crippen LogP contribution in [0.3, 0.4) is 0 Å². The standard InChI is InChI=1S/C11H10BrN7O.C6H12.C3H6O.C2H6/c1-18-5-7(9(12)16-18)15-10(20)8-3-2-6-4-14-11(13)17-19(6)8;1-2-4-6-5-3-1;1-3(2)4;1-2/h2-5H,1H3,(H2,13,17)(H,15,20);1-6H2;1-2H3;1-2H3. The molecule has 0 aromatic carbocycles. The van der Waals surface area contributed by atoms with Crippen molar-refractivity contribution in [2.45, 2.75) is 66.2 Å². The second-order valence-corrected chi connectivity index (χ2v) is 7.91. The lowest BCUT2D eigenvalue weighted by atomic mass is 10.0. The highest BCUT2D eigenvalue weighted by molar-refractivity contribution is 9.10. The van der Waals surface area contributed by atoms with Crippen molar-refractivity contribution >= 4 is 44.8 Å². The van der Waals surface area contributed by atoms with E-state index in [4.69, 9.17) is 5.73 Å². The van der Waals surface area contributed by atoms with Gasteiger partial charge in [0.1, 0.15) is 11.5 Å². The molecule has 0 aliphatic heterocycles. The Morgan fingerprint density at radius 3 is 2.03 bits per heavy atom. The topological polar surface area (TPSA) is 120 Å². The zero-order chi connectivity index (χ0) is 24.1. The number of nitrogens with one attached hydrogen (secondary N) is 1. The van der Waals surface area contributed by atoms with Gasteiger partial charge in [0.25, 0.3) is 5.91 Å². The number of halogens is 1. The minimum Gasteiger partial charge on any atom is -0.367 e. The number of nitrogen functional groups attached to an aromatic ring is 1. The molecule has 1 aliphatic carbocycles. The molecule has 3 aromatic rings. The molecule has 0 saturated heterocycles. The second kappa shape index (κ2) is 14.3. The molecule has 32 heavy (non-hydrogen) atoms. The lowest BCUT2D eigenvalue weighted by molar-refractivity contribution is -0.115. The van der Waals surface area contributed by atoms with Crippen LogP contribution in [0.4, 0.5) is 11.6 Å². The normalized spacial score (nSPS) is 12.3. The van der Waals surface area contributed by atoms with Gasteiger partial charge in [-0.15, -0.1) is 5.10 Å². The average molecular weight is 508 g/mol. The SMILES string of the molecule is C1CCCCC1.CC.CC(C)=O.Cn1cc(NC(=O)c2ccc3cnc(N)nn23)c(Br)n1. The largest absolute Gasteiger partial charge is 0.367 e. The number of amides is 1. The van der Waals surface area contributed by atoms with E-state index in [9.17, 15) is 9.59 Å². The van der Waals surface area contributed by atoms with Crippen molar-refractivity contribution in [2.75, 3.05) is 11.1 Å². The Hall–Kier alpha value is -2.75. The van der Waals surface area contributed by atoms with E-state index in [1.54, 1.807) is 36.3 Å². The van der Waals surface area contributed by atoms with E-state index in [1.165, 1.54) is 56.9 Å². The third-order valence-corrected chi connectivity index (χ3v) is 4.77. The summed E-state index contributed by atoms with van der Waals surface area (Å²) in [5.41, 5.74) is 7.17. The fourth-order valence-corrected chi connectivity index (χ4v) is 3.33. The number of hydrogen-bond donors (Lipinski definition) is 2. The molecule has 1 fully saturated rings. The summed E-state index contributed by atoms with van der Waals surface area (Å²) in [7, 11) is 1.76. The lowest BCUT2D eigenvalue weighted by Crippen LogP contribution is -2.16. The van der Waals surface area contributed by atoms with Crippen LogP contribution in [-0.2, 0) is 11.8 Å². The molecule has 176 valence electrons. The molecule has 1 saturated carbocycles. The maximum Gasteiger partial charge on any atom is 0.274 e. The van der Waals surface area contributed by atoms with E-state index in [0.717, 1.165) is 0 Å². The van der Waals surface area contributed by atoms with Crippen LogP contribution in [0.2, 0.25) is 0 Å².